The van der Waals surface area contributed by atoms with E-state index >= 15 is 0 Å². The van der Waals surface area contributed by atoms with Crippen molar-refractivity contribution in [3.8, 4) is 0 Å². The van der Waals surface area contributed by atoms with Crippen LogP contribution in [0.15, 0.2) is 23.1 Å². The van der Waals surface area contributed by atoms with Gasteiger partial charge in [0.1, 0.15) is 4.90 Å². The van der Waals surface area contributed by atoms with Crippen LogP contribution in [0, 0.1) is 0 Å². The van der Waals surface area contributed by atoms with Gasteiger partial charge in [-0.1, -0.05) is 37.9 Å². The van der Waals surface area contributed by atoms with E-state index in [9.17, 15) is 13.2 Å². The molecular formula is C9H10Br2N2O4S. The molecule has 0 fully saturated rings. The van der Waals surface area contributed by atoms with Crippen molar-refractivity contribution < 1.29 is 17.8 Å². The summed E-state index contributed by atoms with van der Waals surface area (Å²) < 4.78 is 30.8. The second-order valence-corrected chi connectivity index (χ2v) is 8.17. The van der Waals surface area contributed by atoms with Crippen molar-refractivity contribution in [3.05, 3.63) is 18.2 Å². The van der Waals surface area contributed by atoms with Crippen LogP contribution < -0.4 is 11.1 Å². The third-order valence-corrected chi connectivity index (χ3v) is 3.52. The zero-order valence-electron chi connectivity index (χ0n) is 8.93. The maximum absolute atomic E-state index is 11.5. The average Bonchev–Trinajstić information content (AvgIpc) is 2.18. The summed E-state index contributed by atoms with van der Waals surface area (Å²) >= 11 is 6.28. The number of anilines is 2. The largest absolute Gasteiger partial charge is 0.396 e. The molecule has 1 amide bonds. The fourth-order valence-corrected chi connectivity index (χ4v) is 2.45. The van der Waals surface area contributed by atoms with E-state index in [1.807, 2.05) is 0 Å². The standard InChI is InChI=1S/C9H10Br2N2O4S/c10-7(11)4-8(14)13-5-2-1-3-6(9(5)12)18(15,16)17/h1-3,7H,4,12H2,(H,13,14)(H,15,16,17). The fraction of sp³-hybridized carbons (Fsp3) is 0.222. The number of hydrogen-bond donors (Lipinski definition) is 3. The minimum Gasteiger partial charge on any atom is -0.396 e. The van der Waals surface area contributed by atoms with Crippen LogP contribution in [-0.4, -0.2) is 22.6 Å². The third kappa shape index (κ3) is 4.23. The van der Waals surface area contributed by atoms with Crippen molar-refractivity contribution in [1.82, 2.24) is 0 Å². The number of amides is 1. The van der Waals surface area contributed by atoms with Crippen molar-refractivity contribution in [3.63, 3.8) is 0 Å². The van der Waals surface area contributed by atoms with Crippen LogP contribution in [-0.2, 0) is 14.9 Å². The number of rotatable bonds is 4. The van der Waals surface area contributed by atoms with Gasteiger partial charge in [-0.15, -0.1) is 0 Å². The van der Waals surface area contributed by atoms with Gasteiger partial charge < -0.3 is 11.1 Å². The van der Waals surface area contributed by atoms with E-state index in [2.05, 4.69) is 37.2 Å². The van der Waals surface area contributed by atoms with E-state index in [0.717, 1.165) is 6.07 Å². The number of hydrogen-bond acceptors (Lipinski definition) is 4. The SMILES string of the molecule is Nc1c(NC(=O)CC(Br)Br)cccc1S(=O)(=O)O. The minimum atomic E-state index is -4.41. The highest BCUT2D eigenvalue weighted by atomic mass is 79.9. The zero-order chi connectivity index (χ0) is 13.9. The molecule has 1 aromatic rings. The summed E-state index contributed by atoms with van der Waals surface area (Å²) in [6.45, 7) is 0. The third-order valence-electron chi connectivity index (χ3n) is 1.96. The number of nitrogens with two attached hydrogens (primary N) is 1. The first-order valence-electron chi connectivity index (χ1n) is 4.66. The Balaban J connectivity index is 3.02. The normalized spacial score (nSPS) is 11.6. The van der Waals surface area contributed by atoms with E-state index in [-0.39, 0.29) is 27.4 Å². The van der Waals surface area contributed by atoms with Gasteiger partial charge in [0.25, 0.3) is 10.1 Å². The molecule has 0 aromatic heterocycles. The number of alkyl halides is 2. The minimum absolute atomic E-state index is 0.134. The molecule has 0 bridgehead atoms. The topological polar surface area (TPSA) is 109 Å². The highest BCUT2D eigenvalue weighted by Gasteiger charge is 2.17. The second kappa shape index (κ2) is 6.00. The monoisotopic (exact) mass is 400 g/mol. The number of carbonyl (C=O) groups is 1. The Kier molecular flexibility index (Phi) is 5.14. The number of nitrogens with one attached hydrogen (secondary N) is 1. The van der Waals surface area contributed by atoms with E-state index in [4.69, 9.17) is 10.3 Å². The Morgan fingerprint density at radius 1 is 1.44 bits per heavy atom. The smallest absolute Gasteiger partial charge is 0.296 e. The molecule has 0 radical (unpaired) electrons. The lowest BCUT2D eigenvalue weighted by molar-refractivity contribution is -0.115. The first kappa shape index (κ1) is 15.4. The van der Waals surface area contributed by atoms with Gasteiger partial charge in [-0.2, -0.15) is 8.42 Å². The molecule has 6 nitrogen and oxygen atoms in total. The zero-order valence-corrected chi connectivity index (χ0v) is 12.9. The van der Waals surface area contributed by atoms with E-state index < -0.39 is 15.0 Å². The molecule has 0 aliphatic carbocycles. The summed E-state index contributed by atoms with van der Waals surface area (Å²) in [5, 5.41) is 2.45. The summed E-state index contributed by atoms with van der Waals surface area (Å²) in [5.74, 6) is -0.354. The van der Waals surface area contributed by atoms with Crippen LogP contribution in [0.4, 0.5) is 11.4 Å². The molecule has 0 saturated heterocycles. The molecule has 0 spiro atoms. The van der Waals surface area contributed by atoms with Crippen LogP contribution in [0.2, 0.25) is 0 Å². The van der Waals surface area contributed by atoms with Gasteiger partial charge >= 0.3 is 0 Å². The predicted octanol–water partition coefficient (Wildman–Crippen LogP) is 1.96. The van der Waals surface area contributed by atoms with Crippen molar-refractivity contribution in [2.45, 2.75) is 15.1 Å². The first-order valence-corrected chi connectivity index (χ1v) is 7.93. The van der Waals surface area contributed by atoms with Crippen LogP contribution in [0.25, 0.3) is 0 Å². The number of halogens is 2. The lowest BCUT2D eigenvalue weighted by atomic mass is 10.2. The van der Waals surface area contributed by atoms with Crippen LogP contribution >= 0.6 is 31.9 Å². The lowest BCUT2D eigenvalue weighted by Gasteiger charge is -2.10. The van der Waals surface area contributed by atoms with E-state index in [1.54, 1.807) is 0 Å². The van der Waals surface area contributed by atoms with Crippen molar-refractivity contribution in [1.29, 1.82) is 0 Å². The Morgan fingerprint density at radius 3 is 2.56 bits per heavy atom. The summed E-state index contributed by atoms with van der Waals surface area (Å²) in [4.78, 5) is 11.1. The Bertz CT molecular complexity index is 560. The number of nitrogen functional groups attached to an aromatic ring is 1. The molecule has 0 unspecified atom stereocenters. The van der Waals surface area contributed by atoms with Crippen LogP contribution in [0.3, 0.4) is 0 Å². The predicted molar refractivity (Wildman–Crippen MR) is 75.6 cm³/mol. The summed E-state index contributed by atoms with van der Waals surface area (Å²) in [7, 11) is -4.41. The van der Waals surface area contributed by atoms with Crippen molar-refractivity contribution >= 4 is 59.3 Å². The molecule has 100 valence electrons. The molecule has 1 aromatic carbocycles. The fourth-order valence-electron chi connectivity index (χ4n) is 1.22. The summed E-state index contributed by atoms with van der Waals surface area (Å²) in [5.41, 5.74) is 5.51. The number of para-hydroxylation sites is 1. The van der Waals surface area contributed by atoms with Crippen LogP contribution in [0.1, 0.15) is 6.42 Å². The van der Waals surface area contributed by atoms with Gasteiger partial charge in [-0.3, -0.25) is 9.35 Å². The van der Waals surface area contributed by atoms with Gasteiger partial charge in [-0.05, 0) is 12.1 Å². The first-order chi connectivity index (χ1) is 8.21. The second-order valence-electron chi connectivity index (χ2n) is 3.34. The van der Waals surface area contributed by atoms with Crippen molar-refractivity contribution in [2.75, 3.05) is 11.1 Å². The molecule has 4 N–H and O–H groups in total. The van der Waals surface area contributed by atoms with Crippen molar-refractivity contribution in [2.24, 2.45) is 0 Å². The van der Waals surface area contributed by atoms with Gasteiger partial charge in [0.2, 0.25) is 5.91 Å². The van der Waals surface area contributed by atoms with Gasteiger partial charge in [0, 0.05) is 6.42 Å². The molecule has 0 atom stereocenters. The molecule has 0 heterocycles. The summed E-state index contributed by atoms with van der Waals surface area (Å²) in [6, 6.07) is 3.96. The molecule has 0 saturated carbocycles. The van der Waals surface area contributed by atoms with Gasteiger partial charge in [-0.25, -0.2) is 0 Å². The Morgan fingerprint density at radius 2 is 2.06 bits per heavy atom. The quantitative estimate of drug-likeness (QED) is 0.405. The highest BCUT2D eigenvalue weighted by Crippen LogP contribution is 2.27. The molecule has 0 aliphatic rings. The van der Waals surface area contributed by atoms with Crippen LogP contribution in [0.5, 0.6) is 0 Å². The lowest BCUT2D eigenvalue weighted by Crippen LogP contribution is -2.16. The van der Waals surface area contributed by atoms with E-state index in [0.29, 0.717) is 0 Å². The van der Waals surface area contributed by atoms with E-state index in [1.165, 1.54) is 12.1 Å². The molecule has 1 rings (SSSR count). The molecular weight excluding hydrogens is 392 g/mol. The number of benzene rings is 1. The molecule has 18 heavy (non-hydrogen) atoms. The average molecular weight is 402 g/mol. The summed E-state index contributed by atoms with van der Waals surface area (Å²) in [6.07, 6.45) is 0.134. The number of carbonyl (C=O) groups excluding carboxylic acids is 1. The Labute approximate surface area is 121 Å². The maximum atomic E-state index is 11.5. The highest BCUT2D eigenvalue weighted by molar-refractivity contribution is 9.24. The molecule has 9 heteroatoms. The Hall–Kier alpha value is -0.640. The van der Waals surface area contributed by atoms with Gasteiger partial charge in [0.05, 0.1) is 15.1 Å². The van der Waals surface area contributed by atoms with Gasteiger partial charge in [0.15, 0.2) is 0 Å². The maximum Gasteiger partial charge on any atom is 0.296 e. The molecule has 0 aliphatic heterocycles.